The SMILES string of the molecule is CC(NC(=O)CNc1ccccc1[N+](=O)[O-])C(C)C(=O)O. The van der Waals surface area contributed by atoms with E-state index in [2.05, 4.69) is 10.6 Å². The van der Waals surface area contributed by atoms with Crippen molar-refractivity contribution in [1.29, 1.82) is 0 Å². The smallest absolute Gasteiger partial charge is 0.308 e. The van der Waals surface area contributed by atoms with E-state index < -0.39 is 28.8 Å². The number of carboxylic acids is 1. The first kappa shape index (κ1) is 16.4. The van der Waals surface area contributed by atoms with Crippen molar-refractivity contribution in [2.24, 2.45) is 5.92 Å². The standard InChI is InChI=1S/C13H17N3O5/c1-8(13(18)19)9(2)15-12(17)7-14-10-5-3-4-6-11(10)16(20)21/h3-6,8-9,14H,7H2,1-2H3,(H,15,17)(H,18,19). The van der Waals surface area contributed by atoms with E-state index in [4.69, 9.17) is 5.11 Å². The van der Waals surface area contributed by atoms with E-state index in [1.807, 2.05) is 0 Å². The molecule has 0 heterocycles. The summed E-state index contributed by atoms with van der Waals surface area (Å²) in [6.07, 6.45) is 0. The second-order valence-corrected chi connectivity index (χ2v) is 4.61. The third-order valence-electron chi connectivity index (χ3n) is 3.07. The second-order valence-electron chi connectivity index (χ2n) is 4.61. The van der Waals surface area contributed by atoms with Crippen LogP contribution in [0, 0.1) is 16.0 Å². The molecular weight excluding hydrogens is 278 g/mol. The van der Waals surface area contributed by atoms with Crippen molar-refractivity contribution >= 4 is 23.3 Å². The minimum Gasteiger partial charge on any atom is -0.481 e. The molecule has 0 aliphatic rings. The molecule has 3 N–H and O–H groups in total. The number of para-hydroxylation sites is 2. The minimum absolute atomic E-state index is 0.128. The largest absolute Gasteiger partial charge is 0.481 e. The van der Waals surface area contributed by atoms with Crippen LogP contribution in [0.25, 0.3) is 0 Å². The van der Waals surface area contributed by atoms with Gasteiger partial charge in [-0.15, -0.1) is 0 Å². The molecule has 0 aliphatic heterocycles. The Hall–Kier alpha value is -2.64. The van der Waals surface area contributed by atoms with Gasteiger partial charge in [0.15, 0.2) is 0 Å². The molecule has 2 unspecified atom stereocenters. The van der Waals surface area contributed by atoms with Crippen LogP contribution in [-0.4, -0.2) is 34.5 Å². The Morgan fingerprint density at radius 2 is 1.95 bits per heavy atom. The number of nitro groups is 1. The van der Waals surface area contributed by atoms with Crippen LogP contribution in [0.5, 0.6) is 0 Å². The number of nitrogens with one attached hydrogen (secondary N) is 2. The van der Waals surface area contributed by atoms with Gasteiger partial charge in [0.05, 0.1) is 17.4 Å². The van der Waals surface area contributed by atoms with Gasteiger partial charge in [-0.1, -0.05) is 12.1 Å². The molecule has 0 spiro atoms. The van der Waals surface area contributed by atoms with E-state index >= 15 is 0 Å². The van der Waals surface area contributed by atoms with Gasteiger partial charge < -0.3 is 15.7 Å². The van der Waals surface area contributed by atoms with Gasteiger partial charge in [-0.05, 0) is 19.9 Å². The van der Waals surface area contributed by atoms with Crippen LogP contribution < -0.4 is 10.6 Å². The van der Waals surface area contributed by atoms with Gasteiger partial charge in [0, 0.05) is 12.1 Å². The number of nitro benzene ring substituents is 1. The first-order valence-electron chi connectivity index (χ1n) is 6.32. The molecule has 0 saturated carbocycles. The molecule has 0 radical (unpaired) electrons. The normalized spacial score (nSPS) is 13.0. The maximum absolute atomic E-state index is 11.7. The summed E-state index contributed by atoms with van der Waals surface area (Å²) in [5.41, 5.74) is 0.105. The van der Waals surface area contributed by atoms with Gasteiger partial charge in [-0.25, -0.2) is 0 Å². The van der Waals surface area contributed by atoms with Gasteiger partial charge in [-0.3, -0.25) is 19.7 Å². The van der Waals surface area contributed by atoms with Crippen molar-refractivity contribution in [2.75, 3.05) is 11.9 Å². The van der Waals surface area contributed by atoms with E-state index in [0.29, 0.717) is 0 Å². The Kier molecular flexibility index (Phi) is 5.65. The van der Waals surface area contributed by atoms with Crippen LogP contribution in [0.1, 0.15) is 13.8 Å². The van der Waals surface area contributed by atoms with E-state index in [1.165, 1.54) is 25.1 Å². The maximum Gasteiger partial charge on any atom is 0.308 e. The number of carbonyl (C=O) groups is 2. The van der Waals surface area contributed by atoms with Crippen LogP contribution in [0.3, 0.4) is 0 Å². The summed E-state index contributed by atoms with van der Waals surface area (Å²) in [7, 11) is 0. The monoisotopic (exact) mass is 295 g/mol. The number of amides is 1. The summed E-state index contributed by atoms with van der Waals surface area (Å²) in [5.74, 6) is -2.16. The first-order chi connectivity index (χ1) is 9.82. The molecule has 8 nitrogen and oxygen atoms in total. The lowest BCUT2D eigenvalue weighted by molar-refractivity contribution is -0.383. The summed E-state index contributed by atoms with van der Waals surface area (Å²) in [6.45, 7) is 2.89. The van der Waals surface area contributed by atoms with Crippen LogP contribution in [0.2, 0.25) is 0 Å². The van der Waals surface area contributed by atoms with Crippen molar-refractivity contribution in [2.45, 2.75) is 19.9 Å². The number of carbonyl (C=O) groups excluding carboxylic acids is 1. The average Bonchev–Trinajstić information content (AvgIpc) is 2.44. The molecule has 0 saturated heterocycles. The summed E-state index contributed by atoms with van der Waals surface area (Å²) in [4.78, 5) is 32.7. The fourth-order valence-corrected chi connectivity index (χ4v) is 1.60. The minimum atomic E-state index is -1.01. The van der Waals surface area contributed by atoms with Gasteiger partial charge in [0.2, 0.25) is 5.91 Å². The number of aliphatic carboxylic acids is 1. The maximum atomic E-state index is 11.7. The highest BCUT2D eigenvalue weighted by atomic mass is 16.6. The molecule has 114 valence electrons. The molecule has 2 atom stereocenters. The highest BCUT2D eigenvalue weighted by Gasteiger charge is 2.21. The van der Waals surface area contributed by atoms with E-state index in [0.717, 1.165) is 0 Å². The fraction of sp³-hybridized carbons (Fsp3) is 0.385. The topological polar surface area (TPSA) is 122 Å². The van der Waals surface area contributed by atoms with Crippen molar-refractivity contribution in [3.63, 3.8) is 0 Å². The van der Waals surface area contributed by atoms with Crippen molar-refractivity contribution in [3.05, 3.63) is 34.4 Å². The molecule has 0 aromatic heterocycles. The fourth-order valence-electron chi connectivity index (χ4n) is 1.60. The van der Waals surface area contributed by atoms with Crippen LogP contribution in [0.4, 0.5) is 11.4 Å². The number of hydrogen-bond acceptors (Lipinski definition) is 5. The van der Waals surface area contributed by atoms with Gasteiger partial charge in [0.25, 0.3) is 5.69 Å². The van der Waals surface area contributed by atoms with Gasteiger partial charge in [0.1, 0.15) is 5.69 Å². The molecule has 0 fully saturated rings. The molecule has 1 aromatic rings. The second kappa shape index (κ2) is 7.22. The Labute approximate surface area is 121 Å². The predicted octanol–water partition coefficient (Wildman–Crippen LogP) is 1.23. The van der Waals surface area contributed by atoms with Gasteiger partial charge in [-0.2, -0.15) is 0 Å². The summed E-state index contributed by atoms with van der Waals surface area (Å²) in [6, 6.07) is 5.43. The number of benzene rings is 1. The molecule has 0 bridgehead atoms. The predicted molar refractivity (Wildman–Crippen MR) is 76.0 cm³/mol. The van der Waals surface area contributed by atoms with Crippen molar-refractivity contribution < 1.29 is 19.6 Å². The van der Waals surface area contributed by atoms with E-state index in [9.17, 15) is 19.7 Å². The lowest BCUT2D eigenvalue weighted by Crippen LogP contribution is -2.42. The Morgan fingerprint density at radius 1 is 1.33 bits per heavy atom. The first-order valence-corrected chi connectivity index (χ1v) is 6.32. The zero-order valence-electron chi connectivity index (χ0n) is 11.7. The summed E-state index contributed by atoms with van der Waals surface area (Å²) >= 11 is 0. The summed E-state index contributed by atoms with van der Waals surface area (Å²) < 4.78 is 0. The Balaban J connectivity index is 2.58. The van der Waals surface area contributed by atoms with Gasteiger partial charge >= 0.3 is 5.97 Å². The molecule has 0 aliphatic carbocycles. The number of hydrogen-bond donors (Lipinski definition) is 3. The lowest BCUT2D eigenvalue weighted by atomic mass is 10.0. The van der Waals surface area contributed by atoms with Crippen LogP contribution >= 0.6 is 0 Å². The molecule has 1 aromatic carbocycles. The van der Waals surface area contributed by atoms with Crippen LogP contribution in [-0.2, 0) is 9.59 Å². The van der Waals surface area contributed by atoms with E-state index in [1.54, 1.807) is 13.0 Å². The highest BCUT2D eigenvalue weighted by molar-refractivity contribution is 5.82. The average molecular weight is 295 g/mol. The third kappa shape index (κ3) is 4.75. The molecule has 1 amide bonds. The molecule has 8 heteroatoms. The number of anilines is 1. The zero-order chi connectivity index (χ0) is 16.0. The van der Waals surface area contributed by atoms with Crippen molar-refractivity contribution in [1.82, 2.24) is 5.32 Å². The molecule has 1 rings (SSSR count). The van der Waals surface area contributed by atoms with Crippen LogP contribution in [0.15, 0.2) is 24.3 Å². The van der Waals surface area contributed by atoms with Crippen molar-refractivity contribution in [3.8, 4) is 0 Å². The number of carboxylic acid groups (broad SMARTS) is 1. The molecule has 21 heavy (non-hydrogen) atoms. The third-order valence-corrected chi connectivity index (χ3v) is 3.07. The molecular formula is C13H17N3O5. The van der Waals surface area contributed by atoms with E-state index in [-0.39, 0.29) is 17.9 Å². The number of rotatable bonds is 7. The quantitative estimate of drug-likeness (QED) is 0.514. The lowest BCUT2D eigenvalue weighted by Gasteiger charge is -2.18. The summed E-state index contributed by atoms with van der Waals surface area (Å²) in [5, 5.41) is 24.8. The zero-order valence-corrected chi connectivity index (χ0v) is 11.7. The Bertz CT molecular complexity index is 546. The highest BCUT2D eigenvalue weighted by Crippen LogP contribution is 2.22. The Morgan fingerprint density at radius 3 is 2.52 bits per heavy atom. The number of nitrogens with zero attached hydrogens (tertiary/aromatic N) is 1.